The van der Waals surface area contributed by atoms with E-state index in [1.54, 1.807) is 0 Å². The molecule has 2 atom stereocenters. The van der Waals surface area contributed by atoms with Gasteiger partial charge in [0.05, 0.1) is 19.3 Å². The molecule has 0 amide bonds. The van der Waals surface area contributed by atoms with Gasteiger partial charge in [-0.2, -0.15) is 0 Å². The molecule has 1 aromatic rings. The first-order chi connectivity index (χ1) is 7.40. The highest BCUT2D eigenvalue weighted by Crippen LogP contribution is 2.25. The Hall–Kier alpha value is -0.940. The Morgan fingerprint density at radius 3 is 2.87 bits per heavy atom. The first-order valence-corrected chi connectivity index (χ1v) is 5.04. The van der Waals surface area contributed by atoms with Gasteiger partial charge >= 0.3 is 0 Å². The molecule has 0 saturated carbocycles. The van der Waals surface area contributed by atoms with Crippen LogP contribution in [0.15, 0.2) is 30.3 Å². The van der Waals surface area contributed by atoms with Gasteiger partial charge < -0.3 is 14.3 Å². The quantitative estimate of drug-likeness (QED) is 0.764. The van der Waals surface area contributed by atoms with Crippen molar-refractivity contribution in [3.8, 4) is 0 Å². The van der Waals surface area contributed by atoms with E-state index >= 15 is 0 Å². The summed E-state index contributed by atoms with van der Waals surface area (Å²) in [5.74, 6) is 5.02. The molecule has 0 spiro atoms. The Balaban J connectivity index is 1.98. The van der Waals surface area contributed by atoms with Crippen molar-refractivity contribution in [3.05, 3.63) is 35.9 Å². The molecular formula is C11H15NO3. The Morgan fingerprint density at radius 2 is 2.13 bits per heavy atom. The molecule has 0 aliphatic carbocycles. The molecule has 1 aliphatic rings. The number of nitrogens with two attached hydrogens (primary N) is 1. The van der Waals surface area contributed by atoms with Gasteiger partial charge in [-0.15, -0.1) is 0 Å². The lowest BCUT2D eigenvalue weighted by molar-refractivity contribution is -0.227. The molecule has 1 fully saturated rings. The lowest BCUT2D eigenvalue weighted by atomic mass is 10.2. The molecule has 2 N–H and O–H groups in total. The third-order valence-corrected chi connectivity index (χ3v) is 2.38. The molecule has 2 rings (SSSR count). The van der Waals surface area contributed by atoms with Gasteiger partial charge in [-0.05, 0) is 6.42 Å². The van der Waals surface area contributed by atoms with Crippen molar-refractivity contribution in [2.75, 3.05) is 13.2 Å². The SMILES string of the molecule is NOCC1CCO[C@H](c2ccccc2)O1. The van der Waals surface area contributed by atoms with E-state index in [1.807, 2.05) is 30.3 Å². The predicted octanol–water partition coefficient (Wildman–Crippen LogP) is 1.38. The standard InChI is InChI=1S/C11H15NO3/c12-14-8-10-6-7-13-11(15-10)9-4-2-1-3-5-9/h1-5,10-11H,6-8,12H2/t10?,11-/m0/s1. The van der Waals surface area contributed by atoms with E-state index < -0.39 is 0 Å². The van der Waals surface area contributed by atoms with E-state index in [1.165, 1.54) is 0 Å². The molecule has 0 radical (unpaired) electrons. The average molecular weight is 209 g/mol. The first-order valence-electron chi connectivity index (χ1n) is 5.04. The van der Waals surface area contributed by atoms with Gasteiger partial charge in [-0.25, -0.2) is 5.90 Å². The molecule has 4 nitrogen and oxygen atoms in total. The van der Waals surface area contributed by atoms with Crippen LogP contribution in [0.3, 0.4) is 0 Å². The second-order valence-corrected chi connectivity index (χ2v) is 3.49. The Labute approximate surface area is 88.9 Å². The summed E-state index contributed by atoms with van der Waals surface area (Å²) in [5.41, 5.74) is 1.03. The third kappa shape index (κ3) is 2.76. The Morgan fingerprint density at radius 1 is 1.33 bits per heavy atom. The first kappa shape index (κ1) is 10.6. The van der Waals surface area contributed by atoms with Crippen LogP contribution < -0.4 is 5.90 Å². The van der Waals surface area contributed by atoms with E-state index in [-0.39, 0.29) is 12.4 Å². The maximum Gasteiger partial charge on any atom is 0.184 e. The summed E-state index contributed by atoms with van der Waals surface area (Å²) in [6.07, 6.45) is 0.551. The van der Waals surface area contributed by atoms with Crippen LogP contribution >= 0.6 is 0 Å². The zero-order valence-corrected chi connectivity index (χ0v) is 8.46. The molecule has 82 valence electrons. The van der Waals surface area contributed by atoms with Gasteiger partial charge in [-0.3, -0.25) is 0 Å². The maximum atomic E-state index is 5.69. The Bertz CT molecular complexity index is 289. The molecule has 4 heteroatoms. The van der Waals surface area contributed by atoms with E-state index in [0.717, 1.165) is 12.0 Å². The maximum absolute atomic E-state index is 5.69. The summed E-state index contributed by atoms with van der Waals surface area (Å²) in [6.45, 7) is 1.08. The fourth-order valence-corrected chi connectivity index (χ4v) is 1.60. The van der Waals surface area contributed by atoms with Crippen LogP contribution in [0.1, 0.15) is 18.3 Å². The lowest BCUT2D eigenvalue weighted by Crippen LogP contribution is -2.31. The minimum atomic E-state index is -0.292. The number of hydrogen-bond acceptors (Lipinski definition) is 4. The second-order valence-electron chi connectivity index (χ2n) is 3.49. The van der Waals surface area contributed by atoms with Crippen molar-refractivity contribution in [2.45, 2.75) is 18.8 Å². The molecular weight excluding hydrogens is 194 g/mol. The molecule has 1 heterocycles. The predicted molar refractivity (Wildman–Crippen MR) is 54.8 cm³/mol. The zero-order valence-electron chi connectivity index (χ0n) is 8.46. The summed E-state index contributed by atoms with van der Waals surface area (Å²) < 4.78 is 11.2. The van der Waals surface area contributed by atoms with Crippen molar-refractivity contribution in [1.29, 1.82) is 0 Å². The molecule has 15 heavy (non-hydrogen) atoms. The average Bonchev–Trinajstić information content (AvgIpc) is 2.31. The third-order valence-electron chi connectivity index (χ3n) is 2.38. The van der Waals surface area contributed by atoms with Gasteiger partial charge in [0.15, 0.2) is 6.29 Å². The van der Waals surface area contributed by atoms with Crippen LogP contribution in [0.25, 0.3) is 0 Å². The highest BCUT2D eigenvalue weighted by molar-refractivity contribution is 5.16. The highest BCUT2D eigenvalue weighted by Gasteiger charge is 2.23. The molecule has 1 unspecified atom stereocenters. The molecule has 1 aliphatic heterocycles. The summed E-state index contributed by atoms with van der Waals surface area (Å²) in [6, 6.07) is 9.86. The molecule has 1 aromatic carbocycles. The minimum absolute atomic E-state index is 0.0222. The molecule has 0 bridgehead atoms. The van der Waals surface area contributed by atoms with E-state index in [4.69, 9.17) is 15.4 Å². The number of rotatable bonds is 3. The zero-order chi connectivity index (χ0) is 10.5. The van der Waals surface area contributed by atoms with E-state index in [2.05, 4.69) is 4.84 Å². The summed E-state index contributed by atoms with van der Waals surface area (Å²) >= 11 is 0. The largest absolute Gasteiger partial charge is 0.348 e. The van der Waals surface area contributed by atoms with Crippen molar-refractivity contribution in [2.24, 2.45) is 5.90 Å². The smallest absolute Gasteiger partial charge is 0.184 e. The van der Waals surface area contributed by atoms with Crippen molar-refractivity contribution >= 4 is 0 Å². The van der Waals surface area contributed by atoms with E-state index in [0.29, 0.717) is 13.2 Å². The highest BCUT2D eigenvalue weighted by atomic mass is 16.7. The van der Waals surface area contributed by atoms with E-state index in [9.17, 15) is 0 Å². The number of benzene rings is 1. The van der Waals surface area contributed by atoms with Gasteiger partial charge in [0.1, 0.15) is 0 Å². The fraction of sp³-hybridized carbons (Fsp3) is 0.455. The van der Waals surface area contributed by atoms with Crippen LogP contribution in [0.5, 0.6) is 0 Å². The van der Waals surface area contributed by atoms with Crippen molar-refractivity contribution in [3.63, 3.8) is 0 Å². The topological polar surface area (TPSA) is 53.7 Å². The summed E-state index contributed by atoms with van der Waals surface area (Å²) in [4.78, 5) is 4.58. The molecule has 0 aromatic heterocycles. The lowest BCUT2D eigenvalue weighted by Gasteiger charge is -2.29. The van der Waals surface area contributed by atoms with Crippen LogP contribution in [0.4, 0.5) is 0 Å². The normalized spacial score (nSPS) is 26.5. The summed E-state index contributed by atoms with van der Waals surface area (Å²) in [7, 11) is 0. The Kier molecular flexibility index (Phi) is 3.69. The van der Waals surface area contributed by atoms with Crippen LogP contribution in [-0.2, 0) is 14.3 Å². The molecule has 1 saturated heterocycles. The van der Waals surface area contributed by atoms with Crippen molar-refractivity contribution in [1.82, 2.24) is 0 Å². The monoisotopic (exact) mass is 209 g/mol. The van der Waals surface area contributed by atoms with Crippen LogP contribution in [-0.4, -0.2) is 19.3 Å². The van der Waals surface area contributed by atoms with Gasteiger partial charge in [0.25, 0.3) is 0 Å². The number of hydrogen-bond donors (Lipinski definition) is 1. The van der Waals surface area contributed by atoms with Gasteiger partial charge in [0, 0.05) is 5.56 Å². The van der Waals surface area contributed by atoms with Crippen LogP contribution in [0, 0.1) is 0 Å². The minimum Gasteiger partial charge on any atom is -0.348 e. The van der Waals surface area contributed by atoms with Crippen LogP contribution in [0.2, 0.25) is 0 Å². The number of ether oxygens (including phenoxy) is 2. The van der Waals surface area contributed by atoms with Gasteiger partial charge in [0.2, 0.25) is 0 Å². The fourth-order valence-electron chi connectivity index (χ4n) is 1.60. The van der Waals surface area contributed by atoms with Crippen molar-refractivity contribution < 1.29 is 14.3 Å². The second kappa shape index (κ2) is 5.23. The summed E-state index contributed by atoms with van der Waals surface area (Å²) in [5, 5.41) is 0. The van der Waals surface area contributed by atoms with Gasteiger partial charge in [-0.1, -0.05) is 30.3 Å².